The fourth-order valence-electron chi connectivity index (χ4n) is 2.80. The van der Waals surface area contributed by atoms with Crippen LogP contribution in [0.25, 0.3) is 27.7 Å². The number of benzene rings is 2. The highest BCUT2D eigenvalue weighted by Crippen LogP contribution is 2.20. The summed E-state index contributed by atoms with van der Waals surface area (Å²) in [5.41, 5.74) is 2.86. The minimum absolute atomic E-state index is 0.0194. The van der Waals surface area contributed by atoms with Crippen molar-refractivity contribution in [1.29, 1.82) is 0 Å². The summed E-state index contributed by atoms with van der Waals surface area (Å²) in [6.07, 6.45) is 0. The molecule has 0 atom stereocenters. The number of aryl methyl sites for hydroxylation is 1. The number of aromatic nitrogens is 3. The highest BCUT2D eigenvalue weighted by Gasteiger charge is 2.13. The Morgan fingerprint density at radius 1 is 1.00 bits per heavy atom. The van der Waals surface area contributed by atoms with Crippen LogP contribution in [-0.2, 0) is 6.54 Å². The summed E-state index contributed by atoms with van der Waals surface area (Å²) in [7, 11) is 0. The van der Waals surface area contributed by atoms with Crippen LogP contribution in [0.15, 0.2) is 53.3 Å². The summed E-state index contributed by atoms with van der Waals surface area (Å²) in [6.45, 7) is 2.58. The number of hydrogen-bond donors (Lipinski definition) is 0. The van der Waals surface area contributed by atoms with E-state index in [1.165, 1.54) is 0 Å². The molecule has 4 aromatic rings. The molecule has 2 heterocycles. The molecule has 0 fully saturated rings. The lowest BCUT2D eigenvalue weighted by molar-refractivity contribution is 0.740. The van der Waals surface area contributed by atoms with Crippen molar-refractivity contribution in [2.45, 2.75) is 13.5 Å². The topological polar surface area (TPSA) is 39.3 Å². The number of fused-ring (bicyclic) bond motifs is 5. The Bertz CT molecular complexity index is 1010. The van der Waals surface area contributed by atoms with E-state index in [1.807, 2.05) is 55.5 Å². The molecular formula is C16H13N3O. The van der Waals surface area contributed by atoms with Crippen LogP contribution in [0.4, 0.5) is 0 Å². The van der Waals surface area contributed by atoms with Gasteiger partial charge < -0.3 is 0 Å². The molecule has 20 heavy (non-hydrogen) atoms. The van der Waals surface area contributed by atoms with E-state index in [2.05, 4.69) is 9.38 Å². The first-order valence-electron chi connectivity index (χ1n) is 6.70. The lowest BCUT2D eigenvalue weighted by atomic mass is 10.2. The molecule has 0 spiro atoms. The molecule has 0 aliphatic carbocycles. The second kappa shape index (κ2) is 3.93. The predicted octanol–water partition coefficient (Wildman–Crippen LogP) is 2.82. The van der Waals surface area contributed by atoms with Gasteiger partial charge >= 0.3 is 0 Å². The normalized spacial score (nSPS) is 11.7. The van der Waals surface area contributed by atoms with Crippen molar-refractivity contribution in [3.63, 3.8) is 0 Å². The van der Waals surface area contributed by atoms with Gasteiger partial charge in [-0.3, -0.25) is 13.8 Å². The quantitative estimate of drug-likeness (QED) is 0.529. The highest BCUT2D eigenvalue weighted by atomic mass is 16.1. The maximum absolute atomic E-state index is 12.6. The molecule has 0 amide bonds. The van der Waals surface area contributed by atoms with Gasteiger partial charge in [-0.05, 0) is 31.2 Å². The van der Waals surface area contributed by atoms with E-state index in [4.69, 9.17) is 0 Å². The van der Waals surface area contributed by atoms with Gasteiger partial charge in [0.1, 0.15) is 0 Å². The Balaban J connectivity index is 2.43. The Morgan fingerprint density at radius 2 is 1.70 bits per heavy atom. The SMILES string of the molecule is CCn1c(=O)c2ccccc2n2c3ccccc3nc12. The first-order valence-corrected chi connectivity index (χ1v) is 6.70. The van der Waals surface area contributed by atoms with E-state index < -0.39 is 0 Å². The summed E-state index contributed by atoms with van der Waals surface area (Å²) in [5.74, 6) is 0.706. The number of para-hydroxylation sites is 3. The van der Waals surface area contributed by atoms with Crippen LogP contribution in [0, 0.1) is 0 Å². The summed E-state index contributed by atoms with van der Waals surface area (Å²) < 4.78 is 3.79. The van der Waals surface area contributed by atoms with E-state index in [1.54, 1.807) is 4.57 Å². The molecule has 98 valence electrons. The third-order valence-corrected chi connectivity index (χ3v) is 3.72. The molecule has 4 rings (SSSR count). The zero-order valence-electron chi connectivity index (χ0n) is 11.1. The molecule has 4 nitrogen and oxygen atoms in total. The number of hydrogen-bond acceptors (Lipinski definition) is 2. The van der Waals surface area contributed by atoms with E-state index >= 15 is 0 Å². The van der Waals surface area contributed by atoms with Gasteiger partial charge in [0.2, 0.25) is 5.78 Å². The lowest BCUT2D eigenvalue weighted by Gasteiger charge is -2.08. The fraction of sp³-hybridized carbons (Fsp3) is 0.125. The summed E-state index contributed by atoms with van der Waals surface area (Å²) in [5, 5.41) is 0.727. The van der Waals surface area contributed by atoms with Gasteiger partial charge in [0, 0.05) is 6.54 Å². The second-order valence-electron chi connectivity index (χ2n) is 4.80. The van der Waals surface area contributed by atoms with Crippen LogP contribution in [0.2, 0.25) is 0 Å². The molecule has 0 aliphatic heterocycles. The Labute approximate surface area is 114 Å². The lowest BCUT2D eigenvalue weighted by Crippen LogP contribution is -2.22. The number of nitrogens with zero attached hydrogens (tertiary/aromatic N) is 3. The molecule has 0 N–H and O–H groups in total. The zero-order valence-corrected chi connectivity index (χ0v) is 11.1. The molecule has 0 radical (unpaired) electrons. The van der Waals surface area contributed by atoms with Gasteiger partial charge in [-0.2, -0.15) is 0 Å². The van der Waals surface area contributed by atoms with Crippen LogP contribution in [0.1, 0.15) is 6.92 Å². The van der Waals surface area contributed by atoms with Crippen molar-refractivity contribution < 1.29 is 0 Å². The van der Waals surface area contributed by atoms with Crippen LogP contribution in [0.3, 0.4) is 0 Å². The zero-order chi connectivity index (χ0) is 13.7. The first-order chi connectivity index (χ1) is 9.81. The van der Waals surface area contributed by atoms with E-state index in [9.17, 15) is 4.79 Å². The smallest absolute Gasteiger partial charge is 0.262 e. The van der Waals surface area contributed by atoms with Crippen LogP contribution in [-0.4, -0.2) is 14.0 Å². The average molecular weight is 263 g/mol. The Hall–Kier alpha value is -2.62. The summed E-state index contributed by atoms with van der Waals surface area (Å²) in [4.78, 5) is 17.2. The standard InChI is InChI=1S/C16H13N3O/c1-2-18-15(20)11-7-3-5-9-13(11)19-14-10-6-4-8-12(14)17-16(18)19/h3-10H,2H2,1H3. The molecular weight excluding hydrogens is 250 g/mol. The predicted molar refractivity (Wildman–Crippen MR) is 80.1 cm³/mol. The maximum Gasteiger partial charge on any atom is 0.262 e. The second-order valence-corrected chi connectivity index (χ2v) is 4.80. The van der Waals surface area contributed by atoms with Crippen LogP contribution in [0.5, 0.6) is 0 Å². The van der Waals surface area contributed by atoms with Gasteiger partial charge in [0.15, 0.2) is 0 Å². The van der Waals surface area contributed by atoms with E-state index in [-0.39, 0.29) is 5.56 Å². The van der Waals surface area contributed by atoms with Crippen molar-refractivity contribution in [3.05, 3.63) is 58.9 Å². The van der Waals surface area contributed by atoms with Gasteiger partial charge in [0.05, 0.1) is 21.9 Å². The molecule has 0 unspecified atom stereocenters. The van der Waals surface area contributed by atoms with Crippen molar-refractivity contribution in [3.8, 4) is 0 Å². The molecule has 4 heteroatoms. The Morgan fingerprint density at radius 3 is 2.50 bits per heavy atom. The third-order valence-electron chi connectivity index (χ3n) is 3.72. The fourth-order valence-corrected chi connectivity index (χ4v) is 2.80. The number of rotatable bonds is 1. The van der Waals surface area contributed by atoms with E-state index in [0.29, 0.717) is 12.3 Å². The van der Waals surface area contributed by atoms with Crippen molar-refractivity contribution in [2.24, 2.45) is 0 Å². The van der Waals surface area contributed by atoms with Gasteiger partial charge in [-0.25, -0.2) is 4.98 Å². The van der Waals surface area contributed by atoms with Gasteiger partial charge in [0.25, 0.3) is 5.56 Å². The number of imidazole rings is 1. The molecule has 2 aromatic carbocycles. The van der Waals surface area contributed by atoms with Gasteiger partial charge in [-0.15, -0.1) is 0 Å². The monoisotopic (exact) mass is 263 g/mol. The Kier molecular flexibility index (Phi) is 2.21. The van der Waals surface area contributed by atoms with E-state index in [0.717, 1.165) is 21.9 Å². The van der Waals surface area contributed by atoms with Crippen molar-refractivity contribution in [2.75, 3.05) is 0 Å². The summed E-state index contributed by atoms with van der Waals surface area (Å²) >= 11 is 0. The molecule has 2 aromatic heterocycles. The first kappa shape index (κ1) is 11.2. The molecule has 0 saturated heterocycles. The maximum atomic E-state index is 12.6. The van der Waals surface area contributed by atoms with Gasteiger partial charge in [-0.1, -0.05) is 24.3 Å². The average Bonchev–Trinajstić information content (AvgIpc) is 2.87. The summed E-state index contributed by atoms with van der Waals surface area (Å²) in [6, 6.07) is 15.7. The highest BCUT2D eigenvalue weighted by molar-refractivity contribution is 5.88. The largest absolute Gasteiger partial charge is 0.278 e. The molecule has 0 aliphatic rings. The minimum Gasteiger partial charge on any atom is -0.278 e. The van der Waals surface area contributed by atoms with Crippen molar-refractivity contribution in [1.82, 2.24) is 14.0 Å². The molecule has 0 saturated carbocycles. The van der Waals surface area contributed by atoms with Crippen molar-refractivity contribution >= 4 is 27.7 Å². The van der Waals surface area contributed by atoms with Crippen LogP contribution < -0.4 is 5.56 Å². The van der Waals surface area contributed by atoms with Crippen LogP contribution >= 0.6 is 0 Å². The minimum atomic E-state index is 0.0194. The third kappa shape index (κ3) is 1.30. The molecule has 0 bridgehead atoms.